The first-order valence-electron chi connectivity index (χ1n) is 8.35. The number of benzene rings is 1. The molecule has 0 radical (unpaired) electrons. The minimum Gasteiger partial charge on any atom is -0.485 e. The summed E-state index contributed by atoms with van der Waals surface area (Å²) in [4.78, 5) is 20.9. The van der Waals surface area contributed by atoms with Crippen LogP contribution in [0.2, 0.25) is 10.0 Å². The van der Waals surface area contributed by atoms with E-state index in [4.69, 9.17) is 32.7 Å². The first-order chi connectivity index (χ1) is 12.6. The Morgan fingerprint density at radius 2 is 1.85 bits per heavy atom. The molecule has 2 aliphatic heterocycles. The van der Waals surface area contributed by atoms with Gasteiger partial charge in [0.05, 0.1) is 10.0 Å². The molecule has 1 atom stereocenters. The molecule has 0 aliphatic carbocycles. The number of hydrogen-bond acceptors (Lipinski definition) is 5. The van der Waals surface area contributed by atoms with Crippen molar-refractivity contribution in [3.05, 3.63) is 46.6 Å². The highest BCUT2D eigenvalue weighted by atomic mass is 35.5. The number of rotatable bonds is 2. The molecule has 2 aliphatic rings. The van der Waals surface area contributed by atoms with E-state index < -0.39 is 6.10 Å². The number of fused-ring (bicyclic) bond motifs is 1. The molecule has 0 saturated carbocycles. The maximum Gasteiger partial charge on any atom is 0.267 e. The van der Waals surface area contributed by atoms with Crippen molar-refractivity contribution in [2.75, 3.05) is 37.7 Å². The lowest BCUT2D eigenvalue weighted by Gasteiger charge is -2.37. The van der Waals surface area contributed by atoms with Gasteiger partial charge in [-0.25, -0.2) is 4.98 Å². The third-order valence-corrected chi connectivity index (χ3v) is 4.95. The molecule has 1 fully saturated rings. The van der Waals surface area contributed by atoms with Crippen LogP contribution in [0.15, 0.2) is 36.5 Å². The predicted molar refractivity (Wildman–Crippen MR) is 99.4 cm³/mol. The molecular formula is C18H17Cl2N3O3. The van der Waals surface area contributed by atoms with Crippen molar-refractivity contribution >= 4 is 34.9 Å². The molecule has 1 saturated heterocycles. The van der Waals surface area contributed by atoms with Crippen molar-refractivity contribution in [1.82, 2.24) is 9.88 Å². The Morgan fingerprint density at radius 3 is 2.58 bits per heavy atom. The second-order valence-electron chi connectivity index (χ2n) is 6.14. The first-order valence-corrected chi connectivity index (χ1v) is 9.10. The zero-order valence-electron chi connectivity index (χ0n) is 13.9. The summed E-state index contributed by atoms with van der Waals surface area (Å²) in [5.41, 5.74) is 0. The molecule has 8 heteroatoms. The summed E-state index contributed by atoms with van der Waals surface area (Å²) >= 11 is 12.1. The Labute approximate surface area is 161 Å². The van der Waals surface area contributed by atoms with Crippen LogP contribution >= 0.6 is 23.2 Å². The van der Waals surface area contributed by atoms with Crippen LogP contribution in [0, 0.1) is 0 Å². The SMILES string of the molecule is O=C(C1COc2ccccc2O1)N1CCN(c2ncc(Cl)cc2Cl)CC1. The van der Waals surface area contributed by atoms with Crippen LogP contribution in [-0.4, -0.2) is 54.7 Å². The van der Waals surface area contributed by atoms with E-state index >= 15 is 0 Å². The number of halogens is 2. The van der Waals surface area contributed by atoms with Crippen molar-refractivity contribution in [3.8, 4) is 11.5 Å². The highest BCUT2D eigenvalue weighted by Gasteiger charge is 2.33. The largest absolute Gasteiger partial charge is 0.485 e. The Kier molecular flexibility index (Phi) is 4.78. The summed E-state index contributed by atoms with van der Waals surface area (Å²) < 4.78 is 11.5. The van der Waals surface area contributed by atoms with Gasteiger partial charge in [0.1, 0.15) is 12.4 Å². The van der Waals surface area contributed by atoms with Gasteiger partial charge in [-0.15, -0.1) is 0 Å². The molecule has 3 heterocycles. The van der Waals surface area contributed by atoms with Gasteiger partial charge in [0.2, 0.25) is 6.10 Å². The lowest BCUT2D eigenvalue weighted by molar-refractivity contribution is -0.141. The Bertz CT molecular complexity index is 825. The Morgan fingerprint density at radius 1 is 1.12 bits per heavy atom. The van der Waals surface area contributed by atoms with Gasteiger partial charge in [0, 0.05) is 32.4 Å². The van der Waals surface area contributed by atoms with Crippen LogP contribution in [-0.2, 0) is 4.79 Å². The lowest BCUT2D eigenvalue weighted by atomic mass is 10.2. The maximum atomic E-state index is 12.8. The summed E-state index contributed by atoms with van der Waals surface area (Å²) in [6.07, 6.45) is 0.957. The molecule has 1 aromatic carbocycles. The zero-order chi connectivity index (χ0) is 18.1. The average molecular weight is 394 g/mol. The molecule has 0 N–H and O–H groups in total. The van der Waals surface area contributed by atoms with E-state index in [0.29, 0.717) is 53.5 Å². The number of para-hydroxylation sites is 2. The number of aromatic nitrogens is 1. The molecule has 1 amide bonds. The number of amides is 1. The van der Waals surface area contributed by atoms with Gasteiger partial charge in [0.15, 0.2) is 11.5 Å². The van der Waals surface area contributed by atoms with Crippen molar-refractivity contribution < 1.29 is 14.3 Å². The van der Waals surface area contributed by atoms with Crippen LogP contribution in [0.5, 0.6) is 11.5 Å². The van der Waals surface area contributed by atoms with E-state index in [0.717, 1.165) is 0 Å². The average Bonchev–Trinajstić information content (AvgIpc) is 2.67. The van der Waals surface area contributed by atoms with E-state index in [1.165, 1.54) is 0 Å². The zero-order valence-corrected chi connectivity index (χ0v) is 15.4. The summed E-state index contributed by atoms with van der Waals surface area (Å²) in [6.45, 7) is 2.65. The minimum atomic E-state index is -0.617. The molecule has 0 bridgehead atoms. The van der Waals surface area contributed by atoms with Crippen LogP contribution in [0.4, 0.5) is 5.82 Å². The predicted octanol–water partition coefficient (Wildman–Crippen LogP) is 2.88. The van der Waals surface area contributed by atoms with Crippen molar-refractivity contribution in [2.24, 2.45) is 0 Å². The molecule has 1 unspecified atom stereocenters. The van der Waals surface area contributed by atoms with Crippen LogP contribution in [0.25, 0.3) is 0 Å². The molecule has 4 rings (SSSR count). The fraction of sp³-hybridized carbons (Fsp3) is 0.333. The summed E-state index contributed by atoms with van der Waals surface area (Å²) in [7, 11) is 0. The molecule has 0 spiro atoms. The van der Waals surface area contributed by atoms with Crippen molar-refractivity contribution in [1.29, 1.82) is 0 Å². The fourth-order valence-electron chi connectivity index (χ4n) is 3.12. The number of nitrogens with zero attached hydrogens (tertiary/aromatic N) is 3. The van der Waals surface area contributed by atoms with E-state index in [1.807, 2.05) is 18.2 Å². The van der Waals surface area contributed by atoms with E-state index in [-0.39, 0.29) is 12.5 Å². The van der Waals surface area contributed by atoms with Crippen LogP contribution < -0.4 is 14.4 Å². The monoisotopic (exact) mass is 393 g/mol. The van der Waals surface area contributed by atoms with Gasteiger partial charge in [-0.1, -0.05) is 35.3 Å². The second kappa shape index (κ2) is 7.21. The van der Waals surface area contributed by atoms with Gasteiger partial charge < -0.3 is 19.3 Å². The molecule has 1 aromatic heterocycles. The third kappa shape index (κ3) is 3.39. The number of piperazine rings is 1. The maximum absolute atomic E-state index is 12.8. The highest BCUT2D eigenvalue weighted by Crippen LogP contribution is 2.31. The second-order valence-corrected chi connectivity index (χ2v) is 6.98. The number of pyridine rings is 1. The molecule has 2 aromatic rings. The fourth-order valence-corrected chi connectivity index (χ4v) is 3.62. The normalized spacial score (nSPS) is 19.4. The number of carbonyl (C=O) groups excluding carboxylic acids is 1. The van der Waals surface area contributed by atoms with Gasteiger partial charge in [-0.2, -0.15) is 0 Å². The molecule has 136 valence electrons. The third-order valence-electron chi connectivity index (χ3n) is 4.46. The highest BCUT2D eigenvalue weighted by molar-refractivity contribution is 6.36. The summed E-state index contributed by atoms with van der Waals surface area (Å²) in [5, 5.41) is 1.01. The van der Waals surface area contributed by atoms with Crippen molar-refractivity contribution in [2.45, 2.75) is 6.10 Å². The molecular weight excluding hydrogens is 377 g/mol. The Hall–Kier alpha value is -2.18. The smallest absolute Gasteiger partial charge is 0.267 e. The number of carbonyl (C=O) groups is 1. The minimum absolute atomic E-state index is 0.0608. The Balaban J connectivity index is 1.38. The summed E-state index contributed by atoms with van der Waals surface area (Å²) in [5.74, 6) is 1.90. The van der Waals surface area contributed by atoms with Gasteiger partial charge in [-0.3, -0.25) is 4.79 Å². The van der Waals surface area contributed by atoms with Gasteiger partial charge in [-0.05, 0) is 18.2 Å². The number of ether oxygens (including phenoxy) is 2. The molecule has 6 nitrogen and oxygen atoms in total. The molecule has 26 heavy (non-hydrogen) atoms. The van der Waals surface area contributed by atoms with E-state index in [9.17, 15) is 4.79 Å². The van der Waals surface area contributed by atoms with Crippen LogP contribution in [0.3, 0.4) is 0 Å². The van der Waals surface area contributed by atoms with E-state index in [2.05, 4.69) is 9.88 Å². The topological polar surface area (TPSA) is 54.9 Å². The number of anilines is 1. The van der Waals surface area contributed by atoms with Crippen LogP contribution in [0.1, 0.15) is 0 Å². The quantitative estimate of drug-likeness (QED) is 0.784. The number of hydrogen-bond donors (Lipinski definition) is 0. The lowest BCUT2D eigenvalue weighted by Crippen LogP contribution is -2.54. The van der Waals surface area contributed by atoms with Gasteiger partial charge >= 0.3 is 0 Å². The van der Waals surface area contributed by atoms with E-state index in [1.54, 1.807) is 23.2 Å². The first kappa shape index (κ1) is 17.2. The van der Waals surface area contributed by atoms with Crippen molar-refractivity contribution in [3.63, 3.8) is 0 Å². The summed E-state index contributed by atoms with van der Waals surface area (Å²) in [6, 6.07) is 9.04. The van der Waals surface area contributed by atoms with Gasteiger partial charge in [0.25, 0.3) is 5.91 Å². The standard InChI is InChI=1S/C18H17Cl2N3O3/c19-12-9-13(20)17(21-10-12)22-5-7-23(8-6-22)18(24)16-11-25-14-3-1-2-4-15(14)26-16/h1-4,9-10,16H,5-8,11H2.